The van der Waals surface area contributed by atoms with E-state index >= 15 is 0 Å². The third kappa shape index (κ3) is 4.01. The second kappa shape index (κ2) is 6.81. The van der Waals surface area contributed by atoms with Crippen molar-refractivity contribution >= 4 is 51.5 Å². The van der Waals surface area contributed by atoms with Gasteiger partial charge in [0.25, 0.3) is 5.91 Å². The first-order valence-corrected chi connectivity index (χ1v) is 7.24. The maximum absolute atomic E-state index is 11.8. The molecule has 0 saturated carbocycles. The molecule has 0 spiro atoms. The summed E-state index contributed by atoms with van der Waals surface area (Å²) in [5.41, 5.74) is 6.69. The molecule has 104 valence electrons. The van der Waals surface area contributed by atoms with Crippen molar-refractivity contribution in [2.75, 3.05) is 17.7 Å². The summed E-state index contributed by atoms with van der Waals surface area (Å²) in [4.78, 5) is 11.8. The van der Waals surface area contributed by atoms with Gasteiger partial charge in [-0.15, -0.1) is 0 Å². The molecule has 0 aromatic heterocycles. The number of carbonyl (C=O) groups is 1. The Morgan fingerprint density at radius 2 is 2.05 bits per heavy atom. The van der Waals surface area contributed by atoms with Crippen LogP contribution in [0.1, 0.15) is 0 Å². The summed E-state index contributed by atoms with van der Waals surface area (Å²) < 4.78 is 6.39. The lowest BCUT2D eigenvalue weighted by Gasteiger charge is -2.10. The van der Waals surface area contributed by atoms with Gasteiger partial charge in [-0.3, -0.25) is 4.79 Å². The molecule has 1 amide bonds. The number of nitrogens with one attached hydrogen (secondary N) is 1. The minimum absolute atomic E-state index is 0.0913. The van der Waals surface area contributed by atoms with Crippen LogP contribution in [0.4, 0.5) is 11.4 Å². The number of amides is 1. The number of halogens is 2. The number of ether oxygens (including phenoxy) is 1. The first-order valence-electron chi connectivity index (χ1n) is 5.78. The molecule has 3 N–H and O–H groups in total. The van der Waals surface area contributed by atoms with E-state index in [4.69, 9.17) is 22.1 Å². The Bertz CT molecular complexity index is 634. The zero-order valence-corrected chi connectivity index (χ0v) is 13.3. The monoisotopic (exact) mass is 402 g/mol. The largest absolute Gasteiger partial charge is 0.483 e. The lowest BCUT2D eigenvalue weighted by atomic mass is 10.2. The zero-order chi connectivity index (χ0) is 14.5. The van der Waals surface area contributed by atoms with Crippen molar-refractivity contribution in [3.63, 3.8) is 0 Å². The molecule has 2 rings (SSSR count). The van der Waals surface area contributed by atoms with Gasteiger partial charge in [0, 0.05) is 5.02 Å². The first kappa shape index (κ1) is 14.9. The molecule has 0 heterocycles. The zero-order valence-electron chi connectivity index (χ0n) is 10.4. The molecule has 0 atom stereocenters. The van der Waals surface area contributed by atoms with Gasteiger partial charge in [-0.25, -0.2) is 0 Å². The number of hydrogen-bond acceptors (Lipinski definition) is 3. The molecule has 0 unspecified atom stereocenters. The molecule has 0 aliphatic heterocycles. The molecular weight excluding hydrogens is 391 g/mol. The van der Waals surface area contributed by atoms with E-state index in [0.717, 1.165) is 3.57 Å². The molecule has 2 aromatic carbocycles. The molecule has 0 aliphatic carbocycles. The Labute approximate surface area is 135 Å². The van der Waals surface area contributed by atoms with Crippen molar-refractivity contribution < 1.29 is 9.53 Å². The van der Waals surface area contributed by atoms with E-state index < -0.39 is 0 Å². The van der Waals surface area contributed by atoms with Crippen LogP contribution in [0.25, 0.3) is 0 Å². The number of benzene rings is 2. The van der Waals surface area contributed by atoms with Crippen molar-refractivity contribution in [3.8, 4) is 5.75 Å². The highest BCUT2D eigenvalue weighted by Crippen LogP contribution is 2.23. The molecule has 0 bridgehead atoms. The summed E-state index contributed by atoms with van der Waals surface area (Å²) in [5.74, 6) is 0.376. The predicted molar refractivity (Wildman–Crippen MR) is 89.1 cm³/mol. The third-order valence-corrected chi connectivity index (χ3v) is 3.61. The lowest BCUT2D eigenvalue weighted by Crippen LogP contribution is -2.21. The summed E-state index contributed by atoms with van der Waals surface area (Å²) in [7, 11) is 0. The molecule has 20 heavy (non-hydrogen) atoms. The maximum atomic E-state index is 11.8. The molecule has 0 fully saturated rings. The van der Waals surface area contributed by atoms with Gasteiger partial charge in [0.1, 0.15) is 5.75 Å². The highest BCUT2D eigenvalue weighted by atomic mass is 127. The fourth-order valence-electron chi connectivity index (χ4n) is 1.53. The van der Waals surface area contributed by atoms with Crippen molar-refractivity contribution in [1.29, 1.82) is 0 Å². The van der Waals surface area contributed by atoms with Gasteiger partial charge in [0.05, 0.1) is 14.9 Å². The Hall–Kier alpha value is -1.47. The van der Waals surface area contributed by atoms with Crippen LogP contribution >= 0.6 is 34.2 Å². The van der Waals surface area contributed by atoms with Crippen molar-refractivity contribution in [2.45, 2.75) is 0 Å². The van der Waals surface area contributed by atoms with E-state index in [0.29, 0.717) is 22.1 Å². The normalized spacial score (nSPS) is 10.1. The molecule has 2 aromatic rings. The van der Waals surface area contributed by atoms with Gasteiger partial charge in [-0.05, 0) is 52.9 Å². The number of anilines is 2. The summed E-state index contributed by atoms with van der Waals surface area (Å²) in [6, 6.07) is 12.4. The van der Waals surface area contributed by atoms with Crippen LogP contribution in [0, 0.1) is 3.57 Å². The number of nitrogen functional groups attached to an aromatic ring is 1. The quantitative estimate of drug-likeness (QED) is 0.607. The van der Waals surface area contributed by atoms with E-state index in [2.05, 4.69) is 27.9 Å². The smallest absolute Gasteiger partial charge is 0.262 e. The van der Waals surface area contributed by atoms with Crippen LogP contribution in [-0.4, -0.2) is 12.5 Å². The van der Waals surface area contributed by atoms with Gasteiger partial charge in [-0.1, -0.05) is 23.7 Å². The van der Waals surface area contributed by atoms with Crippen molar-refractivity contribution in [1.82, 2.24) is 0 Å². The summed E-state index contributed by atoms with van der Waals surface area (Å²) in [6.07, 6.45) is 0. The van der Waals surface area contributed by atoms with Crippen LogP contribution < -0.4 is 15.8 Å². The van der Waals surface area contributed by atoms with E-state index in [1.165, 1.54) is 0 Å². The average Bonchev–Trinajstić information content (AvgIpc) is 2.42. The highest BCUT2D eigenvalue weighted by Gasteiger charge is 2.08. The van der Waals surface area contributed by atoms with Crippen LogP contribution in [0.3, 0.4) is 0 Å². The summed E-state index contributed by atoms with van der Waals surface area (Å²) in [5, 5.41) is 3.17. The average molecular weight is 403 g/mol. The van der Waals surface area contributed by atoms with Gasteiger partial charge in [0.2, 0.25) is 0 Å². The van der Waals surface area contributed by atoms with Gasteiger partial charge >= 0.3 is 0 Å². The molecular formula is C14H12ClIN2O2. The van der Waals surface area contributed by atoms with Crippen LogP contribution in [0.15, 0.2) is 42.5 Å². The SMILES string of the molecule is Nc1ccc(Cl)cc1NC(=O)COc1ccccc1I. The van der Waals surface area contributed by atoms with Gasteiger partial charge < -0.3 is 15.8 Å². The van der Waals surface area contributed by atoms with E-state index in [1.807, 2.05) is 24.3 Å². The summed E-state index contributed by atoms with van der Waals surface area (Å²) in [6.45, 7) is -0.0913. The number of para-hydroxylation sites is 1. The topological polar surface area (TPSA) is 64.3 Å². The second-order valence-electron chi connectivity index (χ2n) is 4.00. The molecule has 6 heteroatoms. The Morgan fingerprint density at radius 1 is 1.30 bits per heavy atom. The summed E-state index contributed by atoms with van der Waals surface area (Å²) >= 11 is 8.00. The number of carbonyl (C=O) groups excluding carboxylic acids is 1. The molecule has 0 saturated heterocycles. The minimum Gasteiger partial charge on any atom is -0.483 e. The molecule has 0 radical (unpaired) electrons. The van der Waals surface area contributed by atoms with E-state index in [1.54, 1.807) is 18.2 Å². The molecule has 0 aliphatic rings. The molecule has 4 nitrogen and oxygen atoms in total. The van der Waals surface area contributed by atoms with Crippen molar-refractivity contribution in [3.05, 3.63) is 51.1 Å². The van der Waals surface area contributed by atoms with Gasteiger partial charge in [-0.2, -0.15) is 0 Å². The minimum atomic E-state index is -0.293. The third-order valence-electron chi connectivity index (χ3n) is 2.48. The number of rotatable bonds is 4. The van der Waals surface area contributed by atoms with E-state index in [9.17, 15) is 4.79 Å². The number of nitrogens with two attached hydrogens (primary N) is 1. The second-order valence-corrected chi connectivity index (χ2v) is 5.60. The Balaban J connectivity index is 1.96. The van der Waals surface area contributed by atoms with Crippen LogP contribution in [0.2, 0.25) is 5.02 Å². The maximum Gasteiger partial charge on any atom is 0.262 e. The Morgan fingerprint density at radius 3 is 2.80 bits per heavy atom. The number of hydrogen-bond donors (Lipinski definition) is 2. The van der Waals surface area contributed by atoms with Crippen LogP contribution in [-0.2, 0) is 4.79 Å². The van der Waals surface area contributed by atoms with Crippen molar-refractivity contribution in [2.24, 2.45) is 0 Å². The fraction of sp³-hybridized carbons (Fsp3) is 0.0714. The first-order chi connectivity index (χ1) is 9.56. The highest BCUT2D eigenvalue weighted by molar-refractivity contribution is 14.1. The fourth-order valence-corrected chi connectivity index (χ4v) is 2.24. The lowest BCUT2D eigenvalue weighted by molar-refractivity contribution is -0.118. The van der Waals surface area contributed by atoms with E-state index in [-0.39, 0.29) is 12.5 Å². The standard InChI is InChI=1S/C14H12ClIN2O2/c15-9-5-6-11(17)12(7-9)18-14(19)8-20-13-4-2-1-3-10(13)16/h1-7H,8,17H2,(H,18,19). The van der Waals surface area contributed by atoms with Gasteiger partial charge in [0.15, 0.2) is 6.61 Å². The predicted octanol–water partition coefficient (Wildman–Crippen LogP) is 3.54. The van der Waals surface area contributed by atoms with Crippen LogP contribution in [0.5, 0.6) is 5.75 Å². The Kier molecular flexibility index (Phi) is 5.08.